The van der Waals surface area contributed by atoms with Crippen molar-refractivity contribution in [3.05, 3.63) is 36.4 Å². The zero-order chi connectivity index (χ0) is 13.2. The molecule has 0 radical (unpaired) electrons. The number of hydrogen-bond acceptors (Lipinski definition) is 4. The minimum atomic E-state index is -3.54. The van der Waals surface area contributed by atoms with E-state index < -0.39 is 10.0 Å². The Balaban J connectivity index is 2.33. The van der Waals surface area contributed by atoms with Crippen LogP contribution in [0, 0.1) is 0 Å². The monoisotopic (exact) mass is 265 g/mol. The van der Waals surface area contributed by atoms with Crippen molar-refractivity contribution in [1.82, 2.24) is 5.32 Å². The first kappa shape index (κ1) is 12.8. The third kappa shape index (κ3) is 2.44. The van der Waals surface area contributed by atoms with E-state index in [-0.39, 0.29) is 4.90 Å². The predicted octanol–water partition coefficient (Wildman–Crippen LogP) is 0.999. The first-order chi connectivity index (χ1) is 8.54. The summed E-state index contributed by atoms with van der Waals surface area (Å²) >= 11 is 0. The first-order valence-corrected chi connectivity index (χ1v) is 6.96. The summed E-state index contributed by atoms with van der Waals surface area (Å²) in [5.41, 5.74) is 1.60. The molecule has 5 nitrogen and oxygen atoms in total. The van der Waals surface area contributed by atoms with Crippen LogP contribution in [0.3, 0.4) is 0 Å². The highest BCUT2D eigenvalue weighted by atomic mass is 32.2. The van der Waals surface area contributed by atoms with Crippen LogP contribution in [0.2, 0.25) is 0 Å². The molecule has 1 aliphatic heterocycles. The largest absolute Gasteiger partial charge is 0.326 e. The van der Waals surface area contributed by atoms with Crippen LogP contribution in [0.4, 0.5) is 5.69 Å². The van der Waals surface area contributed by atoms with Crippen LogP contribution in [-0.2, 0) is 10.0 Å². The molecule has 0 saturated carbocycles. The maximum absolute atomic E-state index is 11.8. The molecule has 1 aliphatic rings. The predicted molar refractivity (Wildman–Crippen MR) is 72.5 cm³/mol. The van der Waals surface area contributed by atoms with Gasteiger partial charge in [0.1, 0.15) is 11.2 Å². The molecule has 0 amide bonds. The summed E-state index contributed by atoms with van der Waals surface area (Å²) < 4.78 is 27.2. The number of para-hydroxylation sites is 1. The lowest BCUT2D eigenvalue weighted by Crippen LogP contribution is -2.30. The molecule has 0 bridgehead atoms. The van der Waals surface area contributed by atoms with Crippen LogP contribution >= 0.6 is 0 Å². The van der Waals surface area contributed by atoms with Crippen molar-refractivity contribution in [3.8, 4) is 0 Å². The zero-order valence-corrected chi connectivity index (χ0v) is 10.9. The zero-order valence-electron chi connectivity index (χ0n) is 10.1. The number of rotatable bonds is 4. The highest BCUT2D eigenvalue weighted by Crippen LogP contribution is 2.29. The molecule has 0 aromatic heterocycles. The van der Waals surface area contributed by atoms with Crippen LogP contribution in [0.25, 0.3) is 0 Å². The lowest BCUT2D eigenvalue weighted by atomic mass is 10.2. The molecule has 2 rings (SSSR count). The van der Waals surface area contributed by atoms with E-state index in [4.69, 9.17) is 0 Å². The van der Waals surface area contributed by atoms with Crippen LogP contribution in [-0.4, -0.2) is 34.9 Å². The SMILES string of the molecule is C=C(CNC)CN1C=NS(=O)(=O)c2ccccc21. The molecule has 0 atom stereocenters. The molecule has 1 aromatic rings. The number of anilines is 1. The summed E-state index contributed by atoms with van der Waals surface area (Å²) in [4.78, 5) is 2.03. The lowest BCUT2D eigenvalue weighted by molar-refractivity contribution is 0.597. The summed E-state index contributed by atoms with van der Waals surface area (Å²) in [6.45, 7) is 5.15. The molecule has 96 valence electrons. The summed E-state index contributed by atoms with van der Waals surface area (Å²) in [5, 5.41) is 3.01. The number of fused-ring (bicyclic) bond motifs is 1. The van der Waals surface area contributed by atoms with Gasteiger partial charge in [0.05, 0.1) is 5.69 Å². The Morgan fingerprint density at radius 2 is 2.17 bits per heavy atom. The normalized spacial score (nSPS) is 16.4. The van der Waals surface area contributed by atoms with Gasteiger partial charge >= 0.3 is 0 Å². The number of sulfonamides is 1. The number of hydrogen-bond donors (Lipinski definition) is 1. The van der Waals surface area contributed by atoms with E-state index in [1.165, 1.54) is 6.34 Å². The Bertz CT molecular complexity index is 593. The number of nitrogens with one attached hydrogen (secondary N) is 1. The number of likely N-dealkylation sites (N-methyl/N-ethyl adjacent to an activating group) is 1. The standard InChI is InChI=1S/C12H15N3O2S/c1-10(7-13-2)8-15-9-14-18(16,17)12-6-4-3-5-11(12)15/h3-6,9,13H,1,7-8H2,2H3. The Morgan fingerprint density at radius 3 is 2.89 bits per heavy atom. The summed E-state index contributed by atoms with van der Waals surface area (Å²) in [7, 11) is -1.70. The van der Waals surface area contributed by atoms with Gasteiger partial charge in [-0.3, -0.25) is 0 Å². The highest BCUT2D eigenvalue weighted by molar-refractivity contribution is 7.90. The van der Waals surface area contributed by atoms with Crippen molar-refractivity contribution in [1.29, 1.82) is 0 Å². The van der Waals surface area contributed by atoms with Crippen molar-refractivity contribution in [2.24, 2.45) is 4.40 Å². The van der Waals surface area contributed by atoms with E-state index >= 15 is 0 Å². The van der Waals surface area contributed by atoms with E-state index in [0.29, 0.717) is 18.8 Å². The van der Waals surface area contributed by atoms with E-state index in [2.05, 4.69) is 16.3 Å². The molecule has 1 heterocycles. The van der Waals surface area contributed by atoms with E-state index in [9.17, 15) is 8.42 Å². The number of benzene rings is 1. The van der Waals surface area contributed by atoms with E-state index in [0.717, 1.165) is 5.57 Å². The fourth-order valence-corrected chi connectivity index (χ4v) is 2.87. The molecule has 1 aromatic carbocycles. The van der Waals surface area contributed by atoms with Gasteiger partial charge in [-0.2, -0.15) is 8.42 Å². The molecular formula is C12H15N3O2S. The van der Waals surface area contributed by atoms with Crippen LogP contribution in [0.1, 0.15) is 0 Å². The van der Waals surface area contributed by atoms with Crippen LogP contribution in [0.15, 0.2) is 45.7 Å². The molecule has 0 fully saturated rings. The van der Waals surface area contributed by atoms with Gasteiger partial charge in [-0.25, -0.2) is 0 Å². The van der Waals surface area contributed by atoms with Gasteiger partial charge in [-0.05, 0) is 24.8 Å². The Kier molecular flexibility index (Phi) is 3.49. The second kappa shape index (κ2) is 4.91. The molecule has 6 heteroatoms. The number of nitrogens with zero attached hydrogens (tertiary/aromatic N) is 2. The molecule has 0 aliphatic carbocycles. The molecule has 18 heavy (non-hydrogen) atoms. The fourth-order valence-electron chi connectivity index (χ4n) is 1.82. The van der Waals surface area contributed by atoms with Crippen LogP contribution < -0.4 is 10.2 Å². The Labute approximate surface area is 107 Å². The van der Waals surface area contributed by atoms with E-state index in [1.807, 2.05) is 7.05 Å². The van der Waals surface area contributed by atoms with Gasteiger partial charge in [-0.1, -0.05) is 18.7 Å². The molecule has 1 N–H and O–H groups in total. The molecule has 0 spiro atoms. The third-order valence-corrected chi connectivity index (χ3v) is 3.87. The smallest absolute Gasteiger partial charge is 0.285 e. The van der Waals surface area contributed by atoms with Gasteiger partial charge < -0.3 is 10.2 Å². The third-order valence-electron chi connectivity index (χ3n) is 2.60. The minimum Gasteiger partial charge on any atom is -0.326 e. The lowest BCUT2D eigenvalue weighted by Gasteiger charge is -2.25. The van der Waals surface area contributed by atoms with Gasteiger partial charge in [0.2, 0.25) is 0 Å². The summed E-state index contributed by atoms with van der Waals surface area (Å²) in [5.74, 6) is 0. The van der Waals surface area contributed by atoms with Crippen molar-refractivity contribution in [3.63, 3.8) is 0 Å². The first-order valence-electron chi connectivity index (χ1n) is 5.52. The van der Waals surface area contributed by atoms with Crippen molar-refractivity contribution in [2.45, 2.75) is 4.90 Å². The second-order valence-electron chi connectivity index (χ2n) is 4.07. The average molecular weight is 265 g/mol. The van der Waals surface area contributed by atoms with Gasteiger partial charge in [-0.15, -0.1) is 4.40 Å². The van der Waals surface area contributed by atoms with Gasteiger partial charge in [0.25, 0.3) is 10.0 Å². The molecule has 0 saturated heterocycles. The Morgan fingerprint density at radius 1 is 1.44 bits per heavy atom. The van der Waals surface area contributed by atoms with Gasteiger partial charge in [0, 0.05) is 13.1 Å². The second-order valence-corrected chi connectivity index (χ2v) is 5.67. The maximum atomic E-state index is 11.8. The quantitative estimate of drug-likeness (QED) is 0.825. The van der Waals surface area contributed by atoms with Crippen LogP contribution in [0.5, 0.6) is 0 Å². The molecular weight excluding hydrogens is 250 g/mol. The topological polar surface area (TPSA) is 61.8 Å². The van der Waals surface area contributed by atoms with Crippen molar-refractivity contribution >= 4 is 22.0 Å². The average Bonchev–Trinajstić information content (AvgIpc) is 2.34. The van der Waals surface area contributed by atoms with Gasteiger partial charge in [0.15, 0.2) is 0 Å². The molecule has 0 unspecified atom stereocenters. The Hall–Kier alpha value is -1.66. The van der Waals surface area contributed by atoms with E-state index in [1.54, 1.807) is 29.2 Å². The summed E-state index contributed by atoms with van der Waals surface area (Å²) in [6.07, 6.45) is 1.35. The highest BCUT2D eigenvalue weighted by Gasteiger charge is 2.24. The minimum absolute atomic E-state index is 0.241. The van der Waals surface area contributed by atoms with Crippen molar-refractivity contribution < 1.29 is 8.42 Å². The summed E-state index contributed by atoms with van der Waals surface area (Å²) in [6, 6.07) is 6.83. The fraction of sp³-hybridized carbons (Fsp3) is 0.250. The maximum Gasteiger partial charge on any atom is 0.285 e. The van der Waals surface area contributed by atoms with Crippen molar-refractivity contribution in [2.75, 3.05) is 25.0 Å².